The molecule has 0 aliphatic carbocycles. The maximum Gasteiger partial charge on any atom is 0.425 e. The van der Waals surface area contributed by atoms with Crippen LogP contribution in [0.2, 0.25) is 0 Å². The first-order valence-corrected chi connectivity index (χ1v) is 11.1. The monoisotopic (exact) mass is 520 g/mol. The zero-order valence-corrected chi connectivity index (χ0v) is 19.5. The molecule has 0 atom stereocenters. The summed E-state index contributed by atoms with van der Waals surface area (Å²) in [6, 6.07) is 3.48. The van der Waals surface area contributed by atoms with Gasteiger partial charge in [0.25, 0.3) is 0 Å². The molecule has 0 radical (unpaired) electrons. The molecule has 5 N–H and O–H groups in total. The Balaban J connectivity index is 0.00000110. The summed E-state index contributed by atoms with van der Waals surface area (Å²) in [7, 11) is -3.11. The van der Waals surface area contributed by atoms with Crippen LogP contribution in [-0.4, -0.2) is 52.1 Å². The molecule has 0 unspecified atom stereocenters. The van der Waals surface area contributed by atoms with Gasteiger partial charge in [0.15, 0.2) is 0 Å². The molecule has 172 valence electrons. The van der Waals surface area contributed by atoms with Gasteiger partial charge in [0.05, 0.1) is 30.9 Å². The molecule has 12 heteroatoms. The van der Waals surface area contributed by atoms with E-state index in [9.17, 15) is 20.1 Å². The van der Waals surface area contributed by atoms with E-state index < -0.39 is 16.6 Å². The van der Waals surface area contributed by atoms with Crippen LogP contribution in [0.15, 0.2) is 16.6 Å². The highest BCUT2D eigenvalue weighted by molar-refractivity contribution is 9.10. The minimum atomic E-state index is -3.11. The fraction of sp³-hybridized carbons (Fsp3) is 0.421. The molecular weight excluding hydrogens is 496 g/mol. The Morgan fingerprint density at radius 3 is 2.19 bits per heavy atom. The standard InChI is InChI=1S/C19H25BrN2O5.O3S/c1-3-21-7-15-16(17(20)18(22-15)19(26)27-4-2)12-6-5-11(8-23)13(9-24)14(12)10-25;1-4(2)3/h5-6,21-25H,3-4,7-10H2,1-2H3;. The molecule has 0 saturated carbocycles. The Labute approximate surface area is 189 Å². The number of carbonyl (C=O) groups excluding carboxylic acids is 1. The first kappa shape index (κ1) is 26.9. The number of nitrogens with one attached hydrogen (secondary N) is 2. The minimum Gasteiger partial charge on any atom is -0.461 e. The number of hydrogen-bond acceptors (Lipinski definition) is 9. The average Bonchev–Trinajstić information content (AvgIpc) is 3.06. The topological polar surface area (TPSA) is 166 Å². The van der Waals surface area contributed by atoms with Gasteiger partial charge < -0.3 is 30.4 Å². The average molecular weight is 521 g/mol. The summed E-state index contributed by atoms with van der Waals surface area (Å²) < 4.78 is 31.0. The number of benzene rings is 1. The lowest BCUT2D eigenvalue weighted by molar-refractivity contribution is 0.0519. The van der Waals surface area contributed by atoms with E-state index in [1.807, 2.05) is 6.92 Å². The van der Waals surface area contributed by atoms with Crippen LogP contribution < -0.4 is 5.32 Å². The summed E-state index contributed by atoms with van der Waals surface area (Å²) in [5.74, 6) is -0.478. The number of rotatable bonds is 9. The highest BCUT2D eigenvalue weighted by Crippen LogP contribution is 2.39. The molecule has 0 fully saturated rings. The third-order valence-corrected chi connectivity index (χ3v) is 5.13. The van der Waals surface area contributed by atoms with Crippen LogP contribution in [0.3, 0.4) is 0 Å². The quantitative estimate of drug-likeness (QED) is 0.305. The normalized spacial score (nSPS) is 10.4. The molecule has 2 rings (SSSR count). The number of hydrogen-bond donors (Lipinski definition) is 5. The van der Waals surface area contributed by atoms with E-state index in [0.29, 0.717) is 44.5 Å². The second-order valence-electron chi connectivity index (χ2n) is 6.08. The van der Waals surface area contributed by atoms with Gasteiger partial charge in [-0.3, -0.25) is 0 Å². The Bertz CT molecular complexity index is 999. The number of aromatic nitrogens is 1. The van der Waals surface area contributed by atoms with Crippen LogP contribution in [-0.2, 0) is 41.7 Å². The number of aliphatic hydroxyl groups is 3. The van der Waals surface area contributed by atoms with Crippen LogP contribution in [0.5, 0.6) is 0 Å². The lowest BCUT2D eigenvalue weighted by atomic mass is 9.92. The summed E-state index contributed by atoms with van der Waals surface area (Å²) in [6.45, 7) is 4.32. The van der Waals surface area contributed by atoms with Gasteiger partial charge in [0.1, 0.15) is 5.69 Å². The second kappa shape index (κ2) is 13.3. The fourth-order valence-corrected chi connectivity index (χ4v) is 3.75. The van der Waals surface area contributed by atoms with Crippen molar-refractivity contribution in [3.8, 4) is 11.1 Å². The number of ether oxygens (including phenoxy) is 1. The number of H-pyrrole nitrogens is 1. The Morgan fingerprint density at radius 2 is 1.71 bits per heavy atom. The predicted octanol–water partition coefficient (Wildman–Crippen LogP) is 1.20. The van der Waals surface area contributed by atoms with Gasteiger partial charge in [-0.15, -0.1) is 12.6 Å². The summed E-state index contributed by atoms with van der Waals surface area (Å²) in [5.41, 5.74) is 3.97. The van der Waals surface area contributed by atoms with Crippen molar-refractivity contribution in [2.45, 2.75) is 40.2 Å². The van der Waals surface area contributed by atoms with E-state index >= 15 is 0 Å². The van der Waals surface area contributed by atoms with Crippen molar-refractivity contribution in [1.29, 1.82) is 0 Å². The lowest BCUT2D eigenvalue weighted by Gasteiger charge is -2.16. The lowest BCUT2D eigenvalue weighted by Crippen LogP contribution is -2.13. The van der Waals surface area contributed by atoms with Crippen molar-refractivity contribution in [3.05, 3.63) is 44.7 Å². The summed E-state index contributed by atoms with van der Waals surface area (Å²) in [6.07, 6.45) is 0. The Morgan fingerprint density at radius 1 is 1.10 bits per heavy atom. The smallest absolute Gasteiger partial charge is 0.425 e. The number of halogens is 1. The minimum absolute atomic E-state index is 0.240. The van der Waals surface area contributed by atoms with Gasteiger partial charge in [0, 0.05) is 17.8 Å². The third-order valence-electron chi connectivity index (χ3n) is 4.33. The van der Waals surface area contributed by atoms with E-state index in [-0.39, 0.29) is 26.4 Å². The van der Waals surface area contributed by atoms with E-state index in [1.165, 1.54) is 0 Å². The van der Waals surface area contributed by atoms with Crippen molar-refractivity contribution < 1.29 is 37.5 Å². The Hall–Kier alpha value is -2.09. The van der Waals surface area contributed by atoms with Gasteiger partial charge in [-0.1, -0.05) is 19.1 Å². The van der Waals surface area contributed by atoms with Crippen LogP contribution in [0.4, 0.5) is 0 Å². The molecule has 0 spiro atoms. The molecule has 31 heavy (non-hydrogen) atoms. The molecule has 1 aromatic carbocycles. The molecule has 10 nitrogen and oxygen atoms in total. The molecule has 0 amide bonds. The molecule has 0 saturated heterocycles. The van der Waals surface area contributed by atoms with Crippen LogP contribution in [0.25, 0.3) is 11.1 Å². The fourth-order valence-electron chi connectivity index (χ4n) is 3.03. The number of carbonyl (C=O) groups is 1. The first-order valence-electron chi connectivity index (χ1n) is 9.28. The number of aliphatic hydroxyl groups excluding tert-OH is 3. The van der Waals surface area contributed by atoms with Crippen molar-refractivity contribution in [2.24, 2.45) is 0 Å². The number of esters is 1. The van der Waals surface area contributed by atoms with E-state index in [4.69, 9.17) is 17.4 Å². The molecule has 0 aliphatic heterocycles. The van der Waals surface area contributed by atoms with Crippen LogP contribution >= 0.6 is 15.9 Å². The van der Waals surface area contributed by atoms with Gasteiger partial charge in [-0.25, -0.2) is 4.79 Å². The zero-order valence-electron chi connectivity index (χ0n) is 17.1. The molecule has 1 heterocycles. The maximum atomic E-state index is 12.3. The Kier molecular flexibility index (Phi) is 11.6. The van der Waals surface area contributed by atoms with Gasteiger partial charge in [-0.2, -0.15) is 0 Å². The highest BCUT2D eigenvalue weighted by Gasteiger charge is 2.25. The summed E-state index contributed by atoms with van der Waals surface area (Å²) in [4.78, 5) is 15.4. The molecule has 1 aromatic heterocycles. The zero-order chi connectivity index (χ0) is 23.6. The van der Waals surface area contributed by atoms with Gasteiger partial charge in [-0.05, 0) is 51.7 Å². The molecular formula is C19H25BrN2O8S. The predicted molar refractivity (Wildman–Crippen MR) is 115 cm³/mol. The van der Waals surface area contributed by atoms with Crippen molar-refractivity contribution in [3.63, 3.8) is 0 Å². The SMILES string of the molecule is CCNCc1[nH]c(C(=O)OCC)c(Br)c1-c1ccc(CO)c(CO)c1CO.O=S(=O)=O. The molecule has 0 bridgehead atoms. The van der Waals surface area contributed by atoms with Crippen LogP contribution in [0.1, 0.15) is 46.7 Å². The van der Waals surface area contributed by atoms with Crippen molar-refractivity contribution >= 4 is 32.5 Å². The third kappa shape index (κ3) is 6.95. The van der Waals surface area contributed by atoms with E-state index in [1.54, 1.807) is 19.1 Å². The molecule has 0 aliphatic rings. The second-order valence-corrected chi connectivity index (χ2v) is 7.28. The van der Waals surface area contributed by atoms with Gasteiger partial charge in [0.2, 0.25) is 0 Å². The number of aromatic amines is 1. The van der Waals surface area contributed by atoms with E-state index in [2.05, 4.69) is 26.2 Å². The maximum absolute atomic E-state index is 12.3. The highest BCUT2D eigenvalue weighted by atomic mass is 79.9. The first-order chi connectivity index (χ1) is 14.8. The largest absolute Gasteiger partial charge is 0.461 e. The summed E-state index contributed by atoms with van der Waals surface area (Å²) in [5, 5.41) is 32.4. The van der Waals surface area contributed by atoms with Crippen molar-refractivity contribution in [2.75, 3.05) is 13.2 Å². The van der Waals surface area contributed by atoms with Gasteiger partial charge >= 0.3 is 16.6 Å². The molecule has 2 aromatic rings. The van der Waals surface area contributed by atoms with Crippen molar-refractivity contribution in [1.82, 2.24) is 10.3 Å². The van der Waals surface area contributed by atoms with Crippen LogP contribution in [0, 0.1) is 0 Å². The van der Waals surface area contributed by atoms with E-state index in [0.717, 1.165) is 12.2 Å². The summed E-state index contributed by atoms with van der Waals surface area (Å²) >= 11 is 3.49.